The summed E-state index contributed by atoms with van der Waals surface area (Å²) in [7, 11) is 1.18. The maximum absolute atomic E-state index is 12.5. The van der Waals surface area contributed by atoms with Crippen LogP contribution >= 0.6 is 0 Å². The fourth-order valence-electron chi connectivity index (χ4n) is 4.52. The van der Waals surface area contributed by atoms with Crippen molar-refractivity contribution >= 4 is 11.9 Å². The summed E-state index contributed by atoms with van der Waals surface area (Å²) in [5, 5.41) is 14.7. The highest BCUT2D eigenvalue weighted by Crippen LogP contribution is 2.37. The first-order chi connectivity index (χ1) is 17.9. The summed E-state index contributed by atoms with van der Waals surface area (Å²) in [6.45, 7) is 5.93. The fourth-order valence-corrected chi connectivity index (χ4v) is 4.52. The average Bonchev–Trinajstić information content (AvgIpc) is 3.31. The molecule has 37 heavy (non-hydrogen) atoms. The molecule has 2 bridgehead atoms. The normalized spacial score (nSPS) is 37.0. The molecule has 0 saturated carbocycles. The van der Waals surface area contributed by atoms with Crippen molar-refractivity contribution in [2.75, 3.05) is 26.9 Å². The first kappa shape index (κ1) is 29.5. The molecule has 0 aliphatic carbocycles. The van der Waals surface area contributed by atoms with Gasteiger partial charge in [0.15, 0.2) is 18.7 Å². The predicted molar refractivity (Wildman–Crippen MR) is 124 cm³/mol. The zero-order valence-corrected chi connectivity index (χ0v) is 21.6. The van der Waals surface area contributed by atoms with Gasteiger partial charge in [0, 0.05) is 25.0 Å². The van der Waals surface area contributed by atoms with Gasteiger partial charge in [0.1, 0.15) is 42.7 Å². The van der Waals surface area contributed by atoms with Crippen LogP contribution in [0.15, 0.2) is 5.11 Å². The summed E-state index contributed by atoms with van der Waals surface area (Å²) in [4.78, 5) is 27.3. The maximum atomic E-state index is 12.5. The van der Waals surface area contributed by atoms with Crippen LogP contribution in [0.25, 0.3) is 10.4 Å². The second-order valence-electron chi connectivity index (χ2n) is 9.06. The first-order valence-corrected chi connectivity index (χ1v) is 12.6. The summed E-state index contributed by atoms with van der Waals surface area (Å²) in [6, 6.07) is -1.03. The van der Waals surface area contributed by atoms with Gasteiger partial charge in [-0.1, -0.05) is 31.8 Å². The molecule has 4 unspecified atom stereocenters. The van der Waals surface area contributed by atoms with Gasteiger partial charge in [0.25, 0.3) is 0 Å². The fraction of sp³-hybridized carbons (Fsp3) is 0.913. The quantitative estimate of drug-likeness (QED) is 0.119. The highest BCUT2D eigenvalue weighted by atomic mass is 16.8. The van der Waals surface area contributed by atoms with Crippen LogP contribution in [0, 0.1) is 0 Å². The number of rotatable bonds is 13. The Morgan fingerprint density at radius 1 is 1.05 bits per heavy atom. The third kappa shape index (κ3) is 7.09. The van der Waals surface area contributed by atoms with E-state index in [2.05, 4.69) is 10.0 Å². The number of aliphatic hydroxyl groups is 1. The van der Waals surface area contributed by atoms with E-state index >= 15 is 0 Å². The molecular formula is C23H37N3O11. The van der Waals surface area contributed by atoms with E-state index in [0.29, 0.717) is 13.2 Å². The molecular weight excluding hydrogens is 494 g/mol. The molecule has 0 spiro atoms. The van der Waals surface area contributed by atoms with Crippen LogP contribution in [0.2, 0.25) is 0 Å². The molecule has 3 heterocycles. The molecule has 14 nitrogen and oxygen atoms in total. The molecule has 1 N–H and O–H groups in total. The van der Waals surface area contributed by atoms with Crippen LogP contribution < -0.4 is 0 Å². The van der Waals surface area contributed by atoms with E-state index < -0.39 is 73.3 Å². The van der Waals surface area contributed by atoms with Crippen molar-refractivity contribution in [1.29, 1.82) is 0 Å². The van der Waals surface area contributed by atoms with E-state index in [1.54, 1.807) is 0 Å². The number of aliphatic hydroxyl groups excluding tert-OH is 1. The Hall–Kier alpha value is -2.03. The summed E-state index contributed by atoms with van der Waals surface area (Å²) < 4.78 is 46.0. The van der Waals surface area contributed by atoms with E-state index in [-0.39, 0.29) is 6.61 Å². The highest BCUT2D eigenvalue weighted by molar-refractivity contribution is 5.75. The molecule has 210 valence electrons. The maximum Gasteiger partial charge on any atom is 0.337 e. The van der Waals surface area contributed by atoms with Crippen molar-refractivity contribution in [3.8, 4) is 0 Å². The number of hydrogen-bond acceptors (Lipinski definition) is 12. The lowest BCUT2D eigenvalue weighted by atomic mass is 9.96. The second-order valence-corrected chi connectivity index (χ2v) is 9.06. The monoisotopic (exact) mass is 531 g/mol. The first-order valence-electron chi connectivity index (χ1n) is 12.6. The zero-order valence-electron chi connectivity index (χ0n) is 21.6. The second kappa shape index (κ2) is 14.2. The van der Waals surface area contributed by atoms with E-state index in [0.717, 1.165) is 25.7 Å². The number of methoxy groups -OCH3 is 1. The Kier molecular flexibility index (Phi) is 11.3. The van der Waals surface area contributed by atoms with Crippen molar-refractivity contribution in [3.05, 3.63) is 10.4 Å². The summed E-state index contributed by atoms with van der Waals surface area (Å²) in [5.41, 5.74) is 9.08. The van der Waals surface area contributed by atoms with E-state index in [1.165, 1.54) is 14.0 Å². The van der Waals surface area contributed by atoms with Gasteiger partial charge in [-0.2, -0.15) is 0 Å². The van der Waals surface area contributed by atoms with Crippen LogP contribution in [-0.2, 0) is 47.5 Å². The third-order valence-electron chi connectivity index (χ3n) is 6.39. The van der Waals surface area contributed by atoms with Gasteiger partial charge < -0.3 is 43.0 Å². The minimum atomic E-state index is -1.43. The van der Waals surface area contributed by atoms with Gasteiger partial charge in [-0.05, 0) is 18.4 Å². The lowest BCUT2D eigenvalue weighted by Gasteiger charge is -2.46. The molecule has 0 amide bonds. The molecule has 0 aromatic rings. The molecule has 10 atom stereocenters. The Morgan fingerprint density at radius 2 is 1.73 bits per heavy atom. The van der Waals surface area contributed by atoms with Gasteiger partial charge in [-0.15, -0.1) is 0 Å². The molecule has 3 fully saturated rings. The van der Waals surface area contributed by atoms with E-state index in [4.69, 9.17) is 43.4 Å². The van der Waals surface area contributed by atoms with Crippen LogP contribution in [-0.4, -0.2) is 105 Å². The smallest absolute Gasteiger partial charge is 0.337 e. The van der Waals surface area contributed by atoms with Crippen molar-refractivity contribution in [2.24, 2.45) is 5.11 Å². The van der Waals surface area contributed by atoms with Gasteiger partial charge in [0.05, 0.1) is 13.7 Å². The summed E-state index contributed by atoms with van der Waals surface area (Å²) in [6.07, 6.45) is -6.53. The average molecular weight is 532 g/mol. The van der Waals surface area contributed by atoms with Crippen LogP contribution in [0.5, 0.6) is 0 Å². The van der Waals surface area contributed by atoms with E-state index in [9.17, 15) is 14.7 Å². The zero-order chi connectivity index (χ0) is 26.9. The standard InChI is InChI=1S/C23H37N3O11/c1-5-7-9-31-18-15(28)19(21(29)30-4)37-23(20(18)32-10-8-6-2)36-16-13-11-33-22(35-13)14(25-26-24)17(16)34-12(3)27/h13-20,22-23,28H,5-11H2,1-4H3/t13?,14-,15-,16+,17?,18?,19?,20-,22+,23+/m0/s1. The van der Waals surface area contributed by atoms with Gasteiger partial charge >= 0.3 is 11.9 Å². The largest absolute Gasteiger partial charge is 0.467 e. The molecule has 3 saturated heterocycles. The van der Waals surface area contributed by atoms with Gasteiger partial charge in [-0.25, -0.2) is 4.79 Å². The minimum absolute atomic E-state index is 0.0815. The SMILES string of the molecule is CCCCOC1[C@H](O)C(C(=O)OC)O[C@@H](O[C@@H]2C3CO[C@H](O3)[C@@H](N=[N+]=[N-])C2OC(C)=O)[C@H]1OCCCC. The topological polar surface area (TPSA) is 177 Å². The number of ether oxygens (including phenoxy) is 8. The lowest BCUT2D eigenvalue weighted by molar-refractivity contribution is -0.336. The van der Waals surface area contributed by atoms with Gasteiger partial charge in [-0.3, -0.25) is 4.79 Å². The van der Waals surface area contributed by atoms with Crippen molar-refractivity contribution in [2.45, 2.75) is 108 Å². The molecule has 3 rings (SSSR count). The Morgan fingerprint density at radius 3 is 2.32 bits per heavy atom. The number of nitrogens with zero attached hydrogens (tertiary/aromatic N) is 3. The Bertz CT molecular complexity index is 811. The molecule has 14 heteroatoms. The predicted octanol–water partition coefficient (Wildman–Crippen LogP) is 1.37. The Labute approximate surface area is 215 Å². The van der Waals surface area contributed by atoms with Crippen molar-refractivity contribution in [3.63, 3.8) is 0 Å². The summed E-state index contributed by atoms with van der Waals surface area (Å²) >= 11 is 0. The van der Waals surface area contributed by atoms with Crippen LogP contribution in [0.1, 0.15) is 46.5 Å². The number of carbonyl (C=O) groups is 2. The number of unbranched alkanes of at least 4 members (excludes halogenated alkanes) is 2. The number of azide groups is 1. The molecule has 3 aliphatic rings. The highest BCUT2D eigenvalue weighted by Gasteiger charge is 2.57. The lowest BCUT2D eigenvalue weighted by Crippen LogP contribution is -2.65. The summed E-state index contributed by atoms with van der Waals surface area (Å²) in [5.74, 6) is -1.44. The van der Waals surface area contributed by atoms with Gasteiger partial charge in [0.2, 0.25) is 0 Å². The van der Waals surface area contributed by atoms with E-state index in [1.807, 2.05) is 13.8 Å². The molecule has 0 aromatic carbocycles. The van der Waals surface area contributed by atoms with Crippen molar-refractivity contribution < 1.29 is 52.6 Å². The molecule has 0 radical (unpaired) electrons. The Balaban J connectivity index is 1.93. The number of fused-ring (bicyclic) bond motifs is 2. The number of carbonyl (C=O) groups excluding carboxylic acids is 2. The minimum Gasteiger partial charge on any atom is -0.467 e. The third-order valence-corrected chi connectivity index (χ3v) is 6.39. The van der Waals surface area contributed by atoms with Crippen LogP contribution in [0.3, 0.4) is 0 Å². The number of esters is 2. The number of hydrogen-bond donors (Lipinski definition) is 1. The van der Waals surface area contributed by atoms with Crippen LogP contribution in [0.4, 0.5) is 0 Å². The molecule has 0 aromatic heterocycles. The molecule has 3 aliphatic heterocycles. The van der Waals surface area contributed by atoms with Crippen molar-refractivity contribution in [1.82, 2.24) is 0 Å².